The first-order valence-electron chi connectivity index (χ1n) is 9.96. The number of hydrogen-bond donors (Lipinski definition) is 1. The smallest absolute Gasteiger partial charge is 0.243 e. The first kappa shape index (κ1) is 21.8. The van der Waals surface area contributed by atoms with Gasteiger partial charge in [-0.1, -0.05) is 42.8 Å². The third kappa shape index (κ3) is 5.18. The van der Waals surface area contributed by atoms with Crippen molar-refractivity contribution in [1.29, 1.82) is 0 Å². The van der Waals surface area contributed by atoms with Crippen molar-refractivity contribution in [1.82, 2.24) is 9.62 Å². The Balaban J connectivity index is 1.66. The van der Waals surface area contributed by atoms with E-state index in [1.54, 1.807) is 12.1 Å². The number of benzene rings is 2. The molecule has 2 aromatic carbocycles. The normalized spacial score (nSPS) is 18.9. The van der Waals surface area contributed by atoms with Crippen LogP contribution >= 0.6 is 11.6 Å². The molecule has 1 aliphatic rings. The van der Waals surface area contributed by atoms with E-state index in [2.05, 4.69) is 24.4 Å². The molecule has 0 radical (unpaired) electrons. The van der Waals surface area contributed by atoms with Crippen molar-refractivity contribution >= 4 is 27.5 Å². The van der Waals surface area contributed by atoms with Crippen molar-refractivity contribution in [2.24, 2.45) is 5.92 Å². The molecule has 0 spiro atoms. The molecule has 7 heteroatoms. The highest BCUT2D eigenvalue weighted by Gasteiger charge is 2.33. The lowest BCUT2D eigenvalue weighted by Crippen LogP contribution is -2.45. The van der Waals surface area contributed by atoms with Gasteiger partial charge in [-0.2, -0.15) is 4.31 Å². The third-order valence-electron chi connectivity index (χ3n) is 5.45. The van der Waals surface area contributed by atoms with Gasteiger partial charge in [-0.15, -0.1) is 0 Å². The second-order valence-electron chi connectivity index (χ2n) is 7.48. The maximum absolute atomic E-state index is 12.9. The van der Waals surface area contributed by atoms with E-state index in [0.717, 1.165) is 12.0 Å². The van der Waals surface area contributed by atoms with Crippen molar-refractivity contribution < 1.29 is 13.2 Å². The number of amides is 1. The third-order valence-corrected chi connectivity index (χ3v) is 7.58. The van der Waals surface area contributed by atoms with Gasteiger partial charge < -0.3 is 5.32 Å². The van der Waals surface area contributed by atoms with Gasteiger partial charge in [-0.3, -0.25) is 4.79 Å². The van der Waals surface area contributed by atoms with Crippen LogP contribution in [-0.4, -0.2) is 31.7 Å². The molecule has 0 unspecified atom stereocenters. The molecule has 1 saturated heterocycles. The number of aryl methyl sites for hydroxylation is 1. The van der Waals surface area contributed by atoms with Crippen LogP contribution in [0.4, 0.5) is 0 Å². The van der Waals surface area contributed by atoms with Gasteiger partial charge in [0.15, 0.2) is 0 Å². The van der Waals surface area contributed by atoms with Crippen LogP contribution in [0.25, 0.3) is 0 Å². The van der Waals surface area contributed by atoms with Crippen LogP contribution in [0.5, 0.6) is 0 Å². The Morgan fingerprint density at radius 2 is 1.83 bits per heavy atom. The molecule has 1 aliphatic heterocycles. The number of sulfonamides is 1. The summed E-state index contributed by atoms with van der Waals surface area (Å²) in [6.07, 6.45) is 2.31. The van der Waals surface area contributed by atoms with E-state index < -0.39 is 10.0 Å². The zero-order valence-corrected chi connectivity index (χ0v) is 18.3. The number of carbonyl (C=O) groups excluding carboxylic acids is 1. The summed E-state index contributed by atoms with van der Waals surface area (Å²) in [7, 11) is -3.64. The van der Waals surface area contributed by atoms with Gasteiger partial charge in [0, 0.05) is 18.1 Å². The molecule has 1 fully saturated rings. The summed E-state index contributed by atoms with van der Waals surface area (Å²) in [6.45, 7) is 4.66. The van der Waals surface area contributed by atoms with E-state index in [9.17, 15) is 13.2 Å². The van der Waals surface area contributed by atoms with Gasteiger partial charge in [0.25, 0.3) is 0 Å². The Morgan fingerprint density at radius 3 is 2.45 bits per heavy atom. The second kappa shape index (κ2) is 9.28. The van der Waals surface area contributed by atoms with E-state index in [0.29, 0.717) is 24.4 Å². The lowest BCUT2D eigenvalue weighted by atomic mass is 9.97. The number of piperidine rings is 1. The van der Waals surface area contributed by atoms with Gasteiger partial charge in [0.2, 0.25) is 15.9 Å². The number of rotatable bonds is 6. The molecule has 5 nitrogen and oxygen atoms in total. The number of nitrogens with zero attached hydrogens (tertiary/aromatic N) is 1. The van der Waals surface area contributed by atoms with Gasteiger partial charge in [0.05, 0.1) is 16.9 Å². The van der Waals surface area contributed by atoms with Crippen molar-refractivity contribution in [3.05, 3.63) is 64.7 Å². The van der Waals surface area contributed by atoms with Gasteiger partial charge in [-0.05, 0) is 61.6 Å². The van der Waals surface area contributed by atoms with Crippen molar-refractivity contribution in [3.8, 4) is 0 Å². The molecule has 3 rings (SSSR count). The van der Waals surface area contributed by atoms with Crippen LogP contribution < -0.4 is 5.32 Å². The van der Waals surface area contributed by atoms with E-state index >= 15 is 0 Å². The fourth-order valence-corrected chi connectivity index (χ4v) is 5.24. The minimum Gasteiger partial charge on any atom is -0.349 e. The van der Waals surface area contributed by atoms with Gasteiger partial charge >= 0.3 is 0 Å². The average Bonchev–Trinajstić information content (AvgIpc) is 2.74. The summed E-state index contributed by atoms with van der Waals surface area (Å²) in [5.41, 5.74) is 2.29. The van der Waals surface area contributed by atoms with Crippen LogP contribution in [0.3, 0.4) is 0 Å². The second-order valence-corrected chi connectivity index (χ2v) is 9.86. The lowest BCUT2D eigenvalue weighted by molar-refractivity contribution is -0.126. The predicted molar refractivity (Wildman–Crippen MR) is 115 cm³/mol. The number of hydrogen-bond acceptors (Lipinski definition) is 3. The highest BCUT2D eigenvalue weighted by atomic mass is 35.5. The maximum Gasteiger partial charge on any atom is 0.243 e. The van der Waals surface area contributed by atoms with E-state index in [1.165, 1.54) is 22.0 Å². The molecule has 156 valence electrons. The molecule has 2 aromatic rings. The first-order chi connectivity index (χ1) is 13.8. The molecule has 1 amide bonds. The lowest BCUT2D eigenvalue weighted by Gasteiger charge is -2.32. The summed E-state index contributed by atoms with van der Waals surface area (Å²) in [5, 5.41) is 3.53. The summed E-state index contributed by atoms with van der Waals surface area (Å²) in [5.74, 6) is -0.462. The molecule has 0 aliphatic carbocycles. The summed E-state index contributed by atoms with van der Waals surface area (Å²) in [4.78, 5) is 13.0. The molecule has 1 heterocycles. The Morgan fingerprint density at radius 1 is 1.17 bits per heavy atom. The van der Waals surface area contributed by atoms with Crippen LogP contribution in [0, 0.1) is 5.92 Å². The van der Waals surface area contributed by atoms with E-state index in [1.807, 2.05) is 19.1 Å². The predicted octanol–water partition coefficient (Wildman–Crippen LogP) is 4.18. The Labute approximate surface area is 178 Å². The maximum atomic E-state index is 12.9. The van der Waals surface area contributed by atoms with Crippen molar-refractivity contribution in [3.63, 3.8) is 0 Å². The summed E-state index contributed by atoms with van der Waals surface area (Å²) < 4.78 is 27.3. The standard InChI is InChI=1S/C22H27ClN2O3S/c1-3-17-6-8-18(9-7-17)16(2)24-22(26)19-5-4-14-25(15-19)29(27,28)21-12-10-20(23)11-13-21/h6-13,16,19H,3-5,14-15H2,1-2H3,(H,24,26)/t16-,19-/m1/s1. The highest BCUT2D eigenvalue weighted by Crippen LogP contribution is 2.25. The highest BCUT2D eigenvalue weighted by molar-refractivity contribution is 7.89. The van der Waals surface area contributed by atoms with Crippen LogP contribution in [-0.2, 0) is 21.2 Å². The fourth-order valence-electron chi connectivity index (χ4n) is 3.59. The average molecular weight is 435 g/mol. The van der Waals surface area contributed by atoms with E-state index in [4.69, 9.17) is 11.6 Å². The zero-order valence-electron chi connectivity index (χ0n) is 16.8. The largest absolute Gasteiger partial charge is 0.349 e. The molecule has 0 saturated carbocycles. The quantitative estimate of drug-likeness (QED) is 0.741. The monoisotopic (exact) mass is 434 g/mol. The van der Waals surface area contributed by atoms with Crippen molar-refractivity contribution in [2.45, 2.75) is 44.0 Å². The number of halogens is 1. The molecular weight excluding hydrogens is 408 g/mol. The minimum atomic E-state index is -3.64. The Bertz CT molecular complexity index is 943. The molecule has 2 atom stereocenters. The zero-order chi connectivity index (χ0) is 21.0. The SMILES string of the molecule is CCc1ccc([C@@H](C)NC(=O)[C@@H]2CCCN(S(=O)(=O)c3ccc(Cl)cc3)C2)cc1. The molecule has 0 aromatic heterocycles. The fraction of sp³-hybridized carbons (Fsp3) is 0.409. The topological polar surface area (TPSA) is 66.5 Å². The van der Waals surface area contributed by atoms with E-state index in [-0.39, 0.29) is 29.3 Å². The summed E-state index contributed by atoms with van der Waals surface area (Å²) >= 11 is 5.87. The molecule has 1 N–H and O–H groups in total. The first-order valence-corrected chi connectivity index (χ1v) is 11.8. The summed E-state index contributed by atoms with van der Waals surface area (Å²) in [6, 6.07) is 14.2. The molecule has 0 bridgehead atoms. The van der Waals surface area contributed by atoms with Crippen LogP contribution in [0.2, 0.25) is 5.02 Å². The molecular formula is C22H27ClN2O3S. The minimum absolute atomic E-state index is 0.104. The van der Waals surface area contributed by atoms with Gasteiger partial charge in [-0.25, -0.2) is 8.42 Å². The Hall–Kier alpha value is -1.89. The number of nitrogens with one attached hydrogen (secondary N) is 1. The Kier molecular flexibility index (Phi) is 6.98. The molecule has 29 heavy (non-hydrogen) atoms. The van der Waals surface area contributed by atoms with Crippen molar-refractivity contribution in [2.75, 3.05) is 13.1 Å². The van der Waals surface area contributed by atoms with Gasteiger partial charge in [0.1, 0.15) is 0 Å². The number of carbonyl (C=O) groups is 1. The van der Waals surface area contributed by atoms with Crippen LogP contribution in [0.15, 0.2) is 53.4 Å². The van der Waals surface area contributed by atoms with Crippen LogP contribution in [0.1, 0.15) is 43.9 Å².